The largest absolute Gasteiger partial charge is 0.295 e. The molecule has 170 valence electrons. The molecule has 34 heavy (non-hydrogen) atoms. The van der Waals surface area contributed by atoms with Crippen LogP contribution >= 0.6 is 0 Å². The summed E-state index contributed by atoms with van der Waals surface area (Å²) in [5, 5.41) is 2.33. The van der Waals surface area contributed by atoms with E-state index >= 15 is 0 Å². The molecule has 0 spiro atoms. The summed E-state index contributed by atoms with van der Waals surface area (Å²) >= 11 is 0. The lowest BCUT2D eigenvalue weighted by molar-refractivity contribution is 0.305. The Bertz CT molecular complexity index is 1290. The van der Waals surface area contributed by atoms with Gasteiger partial charge in [-0.2, -0.15) is 0 Å². The van der Waals surface area contributed by atoms with Crippen molar-refractivity contribution in [1.82, 2.24) is 29.7 Å². The fourth-order valence-corrected chi connectivity index (χ4v) is 4.16. The number of nitrogens with zero attached hydrogens (tertiary/aromatic N) is 6. The molecule has 2 aromatic carbocycles. The summed E-state index contributed by atoms with van der Waals surface area (Å²) in [6.45, 7) is 2.96. The lowest BCUT2D eigenvalue weighted by Crippen LogP contribution is -2.20. The van der Waals surface area contributed by atoms with Crippen LogP contribution in [0.3, 0.4) is 0 Å². The Morgan fingerprint density at radius 2 is 0.912 bits per heavy atom. The van der Waals surface area contributed by atoms with Crippen molar-refractivity contribution in [3.63, 3.8) is 0 Å². The van der Waals surface area contributed by atoms with E-state index in [1.54, 1.807) is 0 Å². The van der Waals surface area contributed by atoms with Crippen LogP contribution in [0.25, 0.3) is 21.8 Å². The van der Waals surface area contributed by atoms with Gasteiger partial charge in [0.2, 0.25) is 0 Å². The van der Waals surface area contributed by atoms with Gasteiger partial charge in [0, 0.05) is 37.0 Å². The molecule has 0 aliphatic heterocycles. The second-order valence-corrected chi connectivity index (χ2v) is 8.83. The second-order valence-electron chi connectivity index (χ2n) is 8.83. The molecule has 6 heteroatoms. The van der Waals surface area contributed by atoms with Crippen molar-refractivity contribution < 1.29 is 0 Å². The lowest BCUT2D eigenvalue weighted by atomic mass is 10.2. The van der Waals surface area contributed by atoms with Crippen molar-refractivity contribution in [3.8, 4) is 0 Å². The molecule has 0 fully saturated rings. The van der Waals surface area contributed by atoms with Crippen LogP contribution in [0.5, 0.6) is 0 Å². The highest BCUT2D eigenvalue weighted by atomic mass is 15.1. The molecule has 0 saturated heterocycles. The Morgan fingerprint density at radius 1 is 0.500 bits per heavy atom. The molecular formula is C28H28N6. The highest BCUT2D eigenvalue weighted by Crippen LogP contribution is 2.15. The maximum absolute atomic E-state index is 4.77. The number of hydrogen-bond acceptors (Lipinski definition) is 6. The van der Waals surface area contributed by atoms with Crippen molar-refractivity contribution in [2.75, 3.05) is 14.1 Å². The first-order valence-electron chi connectivity index (χ1n) is 11.5. The van der Waals surface area contributed by atoms with Gasteiger partial charge in [-0.15, -0.1) is 0 Å². The van der Waals surface area contributed by atoms with Crippen molar-refractivity contribution in [3.05, 3.63) is 108 Å². The first-order valence-corrected chi connectivity index (χ1v) is 11.5. The Balaban J connectivity index is 1.15. The summed E-state index contributed by atoms with van der Waals surface area (Å²) in [6.07, 6.45) is 3.75. The van der Waals surface area contributed by atoms with Gasteiger partial charge < -0.3 is 0 Å². The SMILES string of the molecule is CN(Cc1cnc(CN(C)Cc2ccc3ccccc3n2)cn1)Cc1ccc2ccccc2n1. The third-order valence-corrected chi connectivity index (χ3v) is 5.80. The minimum Gasteiger partial charge on any atom is -0.295 e. The fraction of sp³-hybridized carbons (Fsp3) is 0.214. The van der Waals surface area contributed by atoms with Crippen molar-refractivity contribution in [1.29, 1.82) is 0 Å². The second kappa shape index (κ2) is 10.0. The van der Waals surface area contributed by atoms with Crippen LogP contribution in [0.2, 0.25) is 0 Å². The van der Waals surface area contributed by atoms with Gasteiger partial charge in [-0.1, -0.05) is 48.5 Å². The molecular weight excluding hydrogens is 420 g/mol. The van der Waals surface area contributed by atoms with E-state index in [2.05, 4.69) is 82.4 Å². The predicted molar refractivity (Wildman–Crippen MR) is 136 cm³/mol. The van der Waals surface area contributed by atoms with Gasteiger partial charge in [-0.25, -0.2) is 0 Å². The summed E-state index contributed by atoms with van der Waals surface area (Å²) in [7, 11) is 4.16. The monoisotopic (exact) mass is 448 g/mol. The molecule has 0 saturated carbocycles. The van der Waals surface area contributed by atoms with Crippen LogP contribution < -0.4 is 0 Å². The van der Waals surface area contributed by atoms with Crippen molar-refractivity contribution >= 4 is 21.8 Å². The molecule has 0 bridgehead atoms. The van der Waals surface area contributed by atoms with E-state index < -0.39 is 0 Å². The molecule has 6 nitrogen and oxygen atoms in total. The van der Waals surface area contributed by atoms with Crippen LogP contribution in [0.1, 0.15) is 22.8 Å². The van der Waals surface area contributed by atoms with E-state index in [0.29, 0.717) is 0 Å². The van der Waals surface area contributed by atoms with E-state index in [1.807, 2.05) is 36.7 Å². The summed E-state index contributed by atoms with van der Waals surface area (Å²) in [6, 6.07) is 24.8. The molecule has 0 unspecified atom stereocenters. The van der Waals surface area contributed by atoms with E-state index in [-0.39, 0.29) is 0 Å². The topological polar surface area (TPSA) is 58.0 Å². The van der Waals surface area contributed by atoms with Gasteiger partial charge in [-0.3, -0.25) is 29.7 Å². The van der Waals surface area contributed by atoms with Gasteiger partial charge in [0.25, 0.3) is 0 Å². The Labute approximate surface area is 199 Å². The first-order chi connectivity index (χ1) is 16.6. The quantitative estimate of drug-likeness (QED) is 0.339. The Morgan fingerprint density at radius 3 is 1.35 bits per heavy atom. The normalized spacial score (nSPS) is 11.6. The van der Waals surface area contributed by atoms with Crippen molar-refractivity contribution in [2.24, 2.45) is 0 Å². The lowest BCUT2D eigenvalue weighted by Gasteiger charge is -2.17. The number of para-hydroxylation sites is 2. The van der Waals surface area contributed by atoms with Crippen LogP contribution in [-0.4, -0.2) is 43.8 Å². The molecule has 0 N–H and O–H groups in total. The zero-order chi connectivity index (χ0) is 23.3. The Kier molecular flexibility index (Phi) is 6.51. The summed E-state index contributed by atoms with van der Waals surface area (Å²) < 4.78 is 0. The van der Waals surface area contributed by atoms with Gasteiger partial charge in [0.1, 0.15) is 0 Å². The molecule has 0 aliphatic rings. The zero-order valence-corrected chi connectivity index (χ0v) is 19.6. The zero-order valence-electron chi connectivity index (χ0n) is 19.6. The third kappa shape index (κ3) is 5.42. The smallest absolute Gasteiger partial charge is 0.0727 e. The molecule has 5 aromatic rings. The maximum Gasteiger partial charge on any atom is 0.0727 e. The number of aromatic nitrogens is 4. The van der Waals surface area contributed by atoms with Gasteiger partial charge in [0.05, 0.1) is 46.2 Å². The fourth-order valence-electron chi connectivity index (χ4n) is 4.16. The average Bonchev–Trinajstić information content (AvgIpc) is 2.85. The molecule has 5 rings (SSSR count). The third-order valence-electron chi connectivity index (χ3n) is 5.80. The van der Waals surface area contributed by atoms with Gasteiger partial charge in [0.15, 0.2) is 0 Å². The minimum absolute atomic E-state index is 0.721. The van der Waals surface area contributed by atoms with E-state index in [4.69, 9.17) is 9.97 Å². The van der Waals surface area contributed by atoms with Gasteiger partial charge in [-0.05, 0) is 38.4 Å². The van der Waals surface area contributed by atoms with Crippen LogP contribution in [0.4, 0.5) is 0 Å². The maximum atomic E-state index is 4.77. The molecule has 3 aromatic heterocycles. The number of benzene rings is 2. The first kappa shape index (κ1) is 22.1. The summed E-state index contributed by atoms with van der Waals surface area (Å²) in [5.74, 6) is 0. The van der Waals surface area contributed by atoms with Crippen molar-refractivity contribution in [2.45, 2.75) is 26.2 Å². The highest BCUT2D eigenvalue weighted by Gasteiger charge is 2.08. The van der Waals surface area contributed by atoms with Gasteiger partial charge >= 0.3 is 0 Å². The van der Waals surface area contributed by atoms with Crippen LogP contribution in [0.15, 0.2) is 85.2 Å². The highest BCUT2D eigenvalue weighted by molar-refractivity contribution is 5.79. The number of fused-ring (bicyclic) bond motifs is 2. The van der Waals surface area contributed by atoms with E-state index in [9.17, 15) is 0 Å². The molecule has 3 heterocycles. The molecule has 0 amide bonds. The number of hydrogen-bond donors (Lipinski definition) is 0. The Hall–Kier alpha value is -3.74. The van der Waals surface area contributed by atoms with E-state index in [1.165, 1.54) is 0 Å². The average molecular weight is 449 g/mol. The predicted octanol–water partition coefficient (Wildman–Crippen LogP) is 4.84. The number of pyridine rings is 2. The minimum atomic E-state index is 0.721. The molecule has 0 radical (unpaired) electrons. The standard InChI is InChI=1S/C28H28N6/c1-33(17-23-13-11-21-7-3-5-9-27(21)31-23)19-25-15-30-26(16-29-25)20-34(2)18-24-14-12-22-8-4-6-10-28(22)32-24/h3-16H,17-20H2,1-2H3. The summed E-state index contributed by atoms with van der Waals surface area (Å²) in [4.78, 5) is 23.2. The van der Waals surface area contributed by atoms with E-state index in [0.717, 1.165) is 70.8 Å². The molecule has 0 atom stereocenters. The summed E-state index contributed by atoms with van der Waals surface area (Å²) in [5.41, 5.74) is 6.06. The molecule has 0 aliphatic carbocycles. The van der Waals surface area contributed by atoms with Crippen LogP contribution in [-0.2, 0) is 26.2 Å². The number of rotatable bonds is 8. The van der Waals surface area contributed by atoms with Crippen LogP contribution in [0, 0.1) is 0 Å².